The fraction of sp³-hybridized carbons (Fsp3) is 0.400. The summed E-state index contributed by atoms with van der Waals surface area (Å²) >= 11 is 1.80. The second-order valence-corrected chi connectivity index (χ2v) is 5.93. The highest BCUT2D eigenvalue weighted by Crippen LogP contribution is 2.23. The van der Waals surface area contributed by atoms with Gasteiger partial charge in [-0.25, -0.2) is 4.98 Å². The van der Waals surface area contributed by atoms with Crippen molar-refractivity contribution in [1.82, 2.24) is 4.98 Å². The topological polar surface area (TPSA) is 38.9 Å². The van der Waals surface area contributed by atoms with Crippen LogP contribution in [-0.4, -0.2) is 11.5 Å². The predicted molar refractivity (Wildman–Crippen MR) is 78.3 cm³/mol. The zero-order chi connectivity index (χ0) is 13.1. The zero-order valence-corrected chi connectivity index (χ0v) is 12.1. The monoisotopic (exact) mass is 260 g/mol. The first-order valence-electron chi connectivity index (χ1n) is 6.31. The first-order chi connectivity index (χ1) is 8.60. The van der Waals surface area contributed by atoms with E-state index in [4.69, 9.17) is 5.73 Å². The van der Waals surface area contributed by atoms with Gasteiger partial charge in [-0.3, -0.25) is 0 Å². The molecular weight excluding hydrogens is 240 g/mol. The van der Waals surface area contributed by atoms with E-state index in [-0.39, 0.29) is 0 Å². The maximum atomic E-state index is 5.58. The molecule has 0 unspecified atom stereocenters. The molecule has 2 nitrogen and oxygen atoms in total. The molecule has 0 aliphatic carbocycles. The molecule has 18 heavy (non-hydrogen) atoms. The molecule has 0 amide bonds. The van der Waals surface area contributed by atoms with Gasteiger partial charge in [-0.2, -0.15) is 0 Å². The van der Waals surface area contributed by atoms with Crippen LogP contribution in [0.15, 0.2) is 18.2 Å². The third kappa shape index (κ3) is 2.98. The second kappa shape index (κ2) is 5.63. The Balaban J connectivity index is 2.25. The van der Waals surface area contributed by atoms with Crippen LogP contribution in [0.4, 0.5) is 0 Å². The van der Waals surface area contributed by atoms with Crippen molar-refractivity contribution in [1.29, 1.82) is 0 Å². The van der Waals surface area contributed by atoms with Gasteiger partial charge < -0.3 is 5.73 Å². The van der Waals surface area contributed by atoms with Crippen LogP contribution >= 0.6 is 11.3 Å². The fourth-order valence-electron chi connectivity index (χ4n) is 2.05. The molecule has 1 aromatic carbocycles. The zero-order valence-electron chi connectivity index (χ0n) is 11.3. The summed E-state index contributed by atoms with van der Waals surface area (Å²) in [7, 11) is 0. The highest BCUT2D eigenvalue weighted by atomic mass is 32.1. The summed E-state index contributed by atoms with van der Waals surface area (Å²) in [6.45, 7) is 7.08. The van der Waals surface area contributed by atoms with E-state index in [1.54, 1.807) is 11.3 Å². The smallest absolute Gasteiger partial charge is 0.0943 e. The molecule has 1 aromatic heterocycles. The average Bonchev–Trinajstić information content (AvgIpc) is 2.65. The van der Waals surface area contributed by atoms with E-state index >= 15 is 0 Å². The molecule has 0 saturated carbocycles. The first kappa shape index (κ1) is 13.2. The number of benzene rings is 1. The van der Waals surface area contributed by atoms with Crippen LogP contribution in [0.25, 0.3) is 0 Å². The summed E-state index contributed by atoms with van der Waals surface area (Å²) < 4.78 is 0. The lowest BCUT2D eigenvalue weighted by atomic mass is 10.0. The Morgan fingerprint density at radius 1 is 1.22 bits per heavy atom. The largest absolute Gasteiger partial charge is 0.330 e. The van der Waals surface area contributed by atoms with E-state index < -0.39 is 0 Å². The standard InChI is InChI=1S/C15H20N2S/c1-10-4-5-11(2)13(8-10)9-14-12(3)17-15(18-14)6-7-16/h4-5,8H,6-7,9,16H2,1-3H3. The molecule has 0 bridgehead atoms. The summed E-state index contributed by atoms with van der Waals surface area (Å²) in [5.74, 6) is 0. The molecular formula is C15H20N2S. The number of aromatic nitrogens is 1. The van der Waals surface area contributed by atoms with Gasteiger partial charge in [0.1, 0.15) is 0 Å². The van der Waals surface area contributed by atoms with Gasteiger partial charge in [0.2, 0.25) is 0 Å². The van der Waals surface area contributed by atoms with Crippen molar-refractivity contribution >= 4 is 11.3 Å². The van der Waals surface area contributed by atoms with Gasteiger partial charge in [0.05, 0.1) is 10.7 Å². The summed E-state index contributed by atoms with van der Waals surface area (Å²) in [6, 6.07) is 6.64. The van der Waals surface area contributed by atoms with Gasteiger partial charge in [-0.05, 0) is 38.4 Å². The van der Waals surface area contributed by atoms with Crippen molar-refractivity contribution in [2.75, 3.05) is 6.54 Å². The van der Waals surface area contributed by atoms with E-state index in [9.17, 15) is 0 Å². The number of thiazole rings is 1. The van der Waals surface area contributed by atoms with Gasteiger partial charge in [-0.15, -0.1) is 11.3 Å². The van der Waals surface area contributed by atoms with Crippen molar-refractivity contribution in [2.45, 2.75) is 33.6 Å². The lowest BCUT2D eigenvalue weighted by Crippen LogP contribution is -2.01. The molecule has 2 N–H and O–H groups in total. The Morgan fingerprint density at radius 2 is 2.00 bits per heavy atom. The third-order valence-electron chi connectivity index (χ3n) is 3.15. The van der Waals surface area contributed by atoms with Crippen molar-refractivity contribution < 1.29 is 0 Å². The molecule has 0 aliphatic heterocycles. The third-order valence-corrected chi connectivity index (χ3v) is 4.37. The van der Waals surface area contributed by atoms with E-state index in [1.165, 1.54) is 21.6 Å². The van der Waals surface area contributed by atoms with Crippen LogP contribution in [0.2, 0.25) is 0 Å². The van der Waals surface area contributed by atoms with Gasteiger partial charge in [0.15, 0.2) is 0 Å². The Kier molecular flexibility index (Phi) is 4.15. The van der Waals surface area contributed by atoms with E-state index in [0.717, 1.165) is 23.5 Å². The van der Waals surface area contributed by atoms with Crippen molar-refractivity contribution in [2.24, 2.45) is 5.73 Å². The minimum Gasteiger partial charge on any atom is -0.330 e. The van der Waals surface area contributed by atoms with Crippen LogP contribution in [-0.2, 0) is 12.8 Å². The number of hydrogen-bond acceptors (Lipinski definition) is 3. The van der Waals surface area contributed by atoms with Gasteiger partial charge in [0.25, 0.3) is 0 Å². The van der Waals surface area contributed by atoms with Crippen LogP contribution in [0.5, 0.6) is 0 Å². The molecule has 0 atom stereocenters. The maximum absolute atomic E-state index is 5.58. The number of aryl methyl sites for hydroxylation is 3. The SMILES string of the molecule is Cc1ccc(C)c(Cc2sc(CCN)nc2C)c1. The summed E-state index contributed by atoms with van der Waals surface area (Å²) in [5.41, 5.74) is 10.8. The van der Waals surface area contributed by atoms with E-state index in [0.29, 0.717) is 6.54 Å². The molecule has 0 saturated heterocycles. The fourth-order valence-corrected chi connectivity index (χ4v) is 3.15. The van der Waals surface area contributed by atoms with Crippen molar-refractivity contribution in [3.63, 3.8) is 0 Å². The number of rotatable bonds is 4. The van der Waals surface area contributed by atoms with Crippen LogP contribution < -0.4 is 5.73 Å². The Morgan fingerprint density at radius 3 is 2.72 bits per heavy atom. The number of nitrogens with zero attached hydrogens (tertiary/aromatic N) is 1. The van der Waals surface area contributed by atoms with Crippen molar-refractivity contribution in [3.05, 3.63) is 50.5 Å². The maximum Gasteiger partial charge on any atom is 0.0943 e. The molecule has 96 valence electrons. The highest BCUT2D eigenvalue weighted by molar-refractivity contribution is 7.11. The molecule has 0 radical (unpaired) electrons. The summed E-state index contributed by atoms with van der Waals surface area (Å²) in [4.78, 5) is 5.95. The number of nitrogens with two attached hydrogens (primary N) is 1. The Bertz CT molecular complexity index is 543. The quantitative estimate of drug-likeness (QED) is 0.917. The van der Waals surface area contributed by atoms with E-state index in [2.05, 4.69) is 44.0 Å². The molecule has 3 heteroatoms. The summed E-state index contributed by atoms with van der Waals surface area (Å²) in [5, 5.41) is 1.16. The highest BCUT2D eigenvalue weighted by Gasteiger charge is 2.09. The van der Waals surface area contributed by atoms with Crippen LogP contribution in [0.3, 0.4) is 0 Å². The Hall–Kier alpha value is -1.19. The Labute approximate surface area is 113 Å². The predicted octanol–water partition coefficient (Wildman–Crippen LogP) is 3.16. The normalized spacial score (nSPS) is 10.9. The van der Waals surface area contributed by atoms with Gasteiger partial charge in [0, 0.05) is 17.7 Å². The minimum atomic E-state index is 0.676. The van der Waals surface area contributed by atoms with Gasteiger partial charge >= 0.3 is 0 Å². The number of hydrogen-bond donors (Lipinski definition) is 1. The molecule has 0 fully saturated rings. The lowest BCUT2D eigenvalue weighted by Gasteiger charge is -2.06. The second-order valence-electron chi connectivity index (χ2n) is 4.76. The molecule has 0 aliphatic rings. The first-order valence-corrected chi connectivity index (χ1v) is 7.13. The van der Waals surface area contributed by atoms with Crippen LogP contribution in [0.1, 0.15) is 32.3 Å². The minimum absolute atomic E-state index is 0.676. The molecule has 0 spiro atoms. The van der Waals surface area contributed by atoms with Crippen LogP contribution in [0, 0.1) is 20.8 Å². The molecule has 1 heterocycles. The van der Waals surface area contributed by atoms with Gasteiger partial charge in [-0.1, -0.05) is 23.8 Å². The molecule has 2 aromatic rings. The van der Waals surface area contributed by atoms with Crippen molar-refractivity contribution in [3.8, 4) is 0 Å². The van der Waals surface area contributed by atoms with E-state index in [1.807, 2.05) is 0 Å². The summed E-state index contributed by atoms with van der Waals surface area (Å²) in [6.07, 6.45) is 1.87. The lowest BCUT2D eigenvalue weighted by molar-refractivity contribution is 0.943. The average molecular weight is 260 g/mol. The molecule has 2 rings (SSSR count).